The van der Waals surface area contributed by atoms with Gasteiger partial charge in [-0.15, -0.1) is 0 Å². The van der Waals surface area contributed by atoms with Crippen LogP contribution in [0, 0.1) is 17.0 Å². The number of furan rings is 1. The Kier molecular flexibility index (Phi) is 6.53. The summed E-state index contributed by atoms with van der Waals surface area (Å²) in [6, 6.07) is 15.0. The number of fused-ring (bicyclic) bond motifs is 1. The van der Waals surface area contributed by atoms with Crippen molar-refractivity contribution in [1.29, 1.82) is 0 Å². The van der Waals surface area contributed by atoms with E-state index in [0.29, 0.717) is 36.4 Å². The first-order valence-corrected chi connectivity index (χ1v) is 10.9. The van der Waals surface area contributed by atoms with Gasteiger partial charge in [0.05, 0.1) is 10.6 Å². The Morgan fingerprint density at radius 2 is 1.82 bits per heavy atom. The number of nitro groups is 1. The number of non-ortho nitro benzene ring substituents is 1. The fourth-order valence-electron chi connectivity index (χ4n) is 4.00. The molecular weight excluding hydrogens is 436 g/mol. The molecule has 9 nitrogen and oxygen atoms in total. The second-order valence-corrected chi connectivity index (χ2v) is 8.16. The van der Waals surface area contributed by atoms with E-state index in [2.05, 4.69) is 10.5 Å². The van der Waals surface area contributed by atoms with Gasteiger partial charge < -0.3 is 9.32 Å². The lowest BCUT2D eigenvalue weighted by atomic mass is 9.93. The van der Waals surface area contributed by atoms with Crippen LogP contribution < -0.4 is 5.43 Å². The number of hydrogen-bond acceptors (Lipinski definition) is 6. The number of carbonyl (C=O) groups excluding carboxylic acids is 2. The van der Waals surface area contributed by atoms with Crippen LogP contribution in [0.1, 0.15) is 56.2 Å². The van der Waals surface area contributed by atoms with Crippen LogP contribution in [-0.2, 0) is 13.0 Å². The summed E-state index contributed by atoms with van der Waals surface area (Å²) in [6.45, 7) is 2.28. The number of nitrogens with one attached hydrogen (secondary N) is 1. The lowest BCUT2D eigenvalue weighted by Crippen LogP contribution is -2.26. The van der Waals surface area contributed by atoms with E-state index in [9.17, 15) is 19.7 Å². The third-order valence-electron chi connectivity index (χ3n) is 5.76. The predicted molar refractivity (Wildman–Crippen MR) is 126 cm³/mol. The zero-order valence-electron chi connectivity index (χ0n) is 18.9. The fourth-order valence-corrected chi connectivity index (χ4v) is 4.00. The Bertz CT molecular complexity index is 1260. The van der Waals surface area contributed by atoms with Crippen LogP contribution in [0.4, 0.5) is 5.69 Å². The number of nitrogens with zero attached hydrogens (tertiary/aromatic N) is 3. The maximum Gasteiger partial charge on any atom is 0.289 e. The first kappa shape index (κ1) is 22.9. The number of hydrogen-bond donors (Lipinski definition) is 1. The molecule has 0 saturated carbocycles. The summed E-state index contributed by atoms with van der Waals surface area (Å²) in [5, 5.41) is 15.1. The van der Waals surface area contributed by atoms with Crippen molar-refractivity contribution in [3.05, 3.63) is 98.5 Å². The van der Waals surface area contributed by atoms with E-state index in [1.807, 2.05) is 37.3 Å². The molecule has 4 rings (SSSR count). The van der Waals surface area contributed by atoms with Gasteiger partial charge in [0.2, 0.25) is 0 Å². The van der Waals surface area contributed by atoms with Gasteiger partial charge in [-0.1, -0.05) is 30.3 Å². The molecule has 0 saturated heterocycles. The standard InChI is InChI=1S/C25H24N4O5/c1-16-22-20(26-27-24(30)18-11-13-19(14-12-18)29(32)33)9-6-10-21(22)34-23(16)25(31)28(2)15-17-7-4-3-5-8-17/h3-5,7-8,11-14H,6,9-10,15H2,1-2H3,(H,27,30)/b26-20+. The molecular formula is C25H24N4O5. The van der Waals surface area contributed by atoms with Gasteiger partial charge in [-0.3, -0.25) is 19.7 Å². The molecule has 0 aliphatic heterocycles. The summed E-state index contributed by atoms with van der Waals surface area (Å²) in [4.78, 5) is 37.4. The molecule has 1 aliphatic carbocycles. The molecule has 1 aliphatic rings. The molecule has 1 aromatic heterocycles. The highest BCUT2D eigenvalue weighted by molar-refractivity contribution is 6.07. The molecule has 3 aromatic rings. The Morgan fingerprint density at radius 1 is 1.12 bits per heavy atom. The van der Waals surface area contributed by atoms with E-state index in [1.54, 1.807) is 11.9 Å². The van der Waals surface area contributed by atoms with E-state index in [4.69, 9.17) is 4.42 Å². The molecule has 34 heavy (non-hydrogen) atoms. The monoisotopic (exact) mass is 460 g/mol. The zero-order valence-corrected chi connectivity index (χ0v) is 18.9. The number of aryl methyl sites for hydroxylation is 1. The molecule has 0 bridgehead atoms. The summed E-state index contributed by atoms with van der Waals surface area (Å²) in [6.07, 6.45) is 2.09. The van der Waals surface area contributed by atoms with Crippen molar-refractivity contribution >= 4 is 23.2 Å². The van der Waals surface area contributed by atoms with Gasteiger partial charge in [0.15, 0.2) is 5.76 Å². The third-order valence-corrected chi connectivity index (χ3v) is 5.76. The average Bonchev–Trinajstić information content (AvgIpc) is 3.19. The van der Waals surface area contributed by atoms with Crippen molar-refractivity contribution < 1.29 is 18.9 Å². The molecule has 0 spiro atoms. The lowest BCUT2D eigenvalue weighted by molar-refractivity contribution is -0.384. The zero-order chi connectivity index (χ0) is 24.2. The minimum absolute atomic E-state index is 0.0942. The van der Waals surface area contributed by atoms with Crippen LogP contribution in [0.15, 0.2) is 64.1 Å². The topological polar surface area (TPSA) is 118 Å². The van der Waals surface area contributed by atoms with Crippen molar-refractivity contribution in [1.82, 2.24) is 10.3 Å². The van der Waals surface area contributed by atoms with Crippen molar-refractivity contribution in [3.8, 4) is 0 Å². The van der Waals surface area contributed by atoms with Crippen LogP contribution in [0.5, 0.6) is 0 Å². The number of nitro benzene ring substituents is 1. The lowest BCUT2D eigenvalue weighted by Gasteiger charge is -2.16. The predicted octanol–water partition coefficient (Wildman–Crippen LogP) is 4.24. The molecule has 0 radical (unpaired) electrons. The summed E-state index contributed by atoms with van der Waals surface area (Å²) in [5.74, 6) is 0.267. The van der Waals surface area contributed by atoms with Crippen LogP contribution >= 0.6 is 0 Å². The molecule has 174 valence electrons. The second-order valence-electron chi connectivity index (χ2n) is 8.16. The third kappa shape index (κ3) is 4.73. The Labute approximate surface area is 196 Å². The smallest absolute Gasteiger partial charge is 0.289 e. The number of carbonyl (C=O) groups is 2. The molecule has 1 N–H and O–H groups in total. The molecule has 0 fully saturated rings. The van der Waals surface area contributed by atoms with Crippen molar-refractivity contribution in [2.45, 2.75) is 32.7 Å². The Morgan fingerprint density at radius 3 is 2.50 bits per heavy atom. The minimum atomic E-state index is -0.524. The number of benzene rings is 2. The van der Waals surface area contributed by atoms with E-state index >= 15 is 0 Å². The normalized spacial score (nSPS) is 13.9. The second kappa shape index (κ2) is 9.70. The maximum absolute atomic E-state index is 13.1. The maximum atomic E-state index is 13.1. The molecule has 0 atom stereocenters. The van der Waals surface area contributed by atoms with Crippen molar-refractivity contribution in [3.63, 3.8) is 0 Å². The number of rotatable bonds is 6. The minimum Gasteiger partial charge on any atom is -0.455 e. The van der Waals surface area contributed by atoms with Gasteiger partial charge in [-0.2, -0.15) is 5.10 Å². The van der Waals surface area contributed by atoms with Gasteiger partial charge >= 0.3 is 0 Å². The summed E-state index contributed by atoms with van der Waals surface area (Å²) in [7, 11) is 1.73. The van der Waals surface area contributed by atoms with Crippen molar-refractivity contribution in [2.24, 2.45) is 5.10 Å². The van der Waals surface area contributed by atoms with Crippen LogP contribution in [0.2, 0.25) is 0 Å². The van der Waals surface area contributed by atoms with Crippen molar-refractivity contribution in [2.75, 3.05) is 7.05 Å². The molecule has 1 heterocycles. The van der Waals surface area contributed by atoms with Crippen LogP contribution in [-0.4, -0.2) is 34.4 Å². The van der Waals surface area contributed by atoms with E-state index in [0.717, 1.165) is 17.5 Å². The fraction of sp³-hybridized carbons (Fsp3) is 0.240. The summed E-state index contributed by atoms with van der Waals surface area (Å²) < 4.78 is 5.97. The average molecular weight is 460 g/mol. The van der Waals surface area contributed by atoms with E-state index in [1.165, 1.54) is 24.3 Å². The Hall–Kier alpha value is -4.27. The number of amides is 2. The van der Waals surface area contributed by atoms with Gasteiger partial charge in [-0.05, 0) is 37.5 Å². The first-order valence-electron chi connectivity index (χ1n) is 10.9. The SMILES string of the molecule is Cc1c(C(=O)N(C)Cc2ccccc2)oc2c1/C(=N/NC(=O)c1ccc([N+](=O)[O-])cc1)CCC2. The van der Waals surface area contributed by atoms with Gasteiger partial charge in [0, 0.05) is 48.8 Å². The Balaban J connectivity index is 1.52. The van der Waals surface area contributed by atoms with Gasteiger partial charge in [0.25, 0.3) is 17.5 Å². The summed E-state index contributed by atoms with van der Waals surface area (Å²) >= 11 is 0. The molecule has 2 amide bonds. The van der Waals surface area contributed by atoms with E-state index in [-0.39, 0.29) is 22.9 Å². The highest BCUT2D eigenvalue weighted by Crippen LogP contribution is 2.30. The first-order chi connectivity index (χ1) is 16.3. The molecule has 9 heteroatoms. The number of hydrazone groups is 1. The highest BCUT2D eigenvalue weighted by Gasteiger charge is 2.29. The van der Waals surface area contributed by atoms with Crippen LogP contribution in [0.3, 0.4) is 0 Å². The largest absolute Gasteiger partial charge is 0.455 e. The van der Waals surface area contributed by atoms with E-state index < -0.39 is 10.8 Å². The molecule has 0 unspecified atom stereocenters. The highest BCUT2D eigenvalue weighted by atomic mass is 16.6. The van der Waals surface area contributed by atoms with Crippen LogP contribution in [0.25, 0.3) is 0 Å². The van der Waals surface area contributed by atoms with Gasteiger partial charge in [0.1, 0.15) is 5.76 Å². The summed E-state index contributed by atoms with van der Waals surface area (Å²) in [5.41, 5.74) is 5.80. The van der Waals surface area contributed by atoms with Gasteiger partial charge in [-0.25, -0.2) is 5.43 Å². The molecule has 2 aromatic carbocycles. The quantitative estimate of drug-likeness (QED) is 0.436.